The molecule has 0 bridgehead atoms. The Bertz CT molecular complexity index is 223. The zero-order valence-corrected chi connectivity index (χ0v) is 8.59. The number of methoxy groups -OCH3 is 1. The Kier molecular flexibility index (Phi) is 2.94. The van der Waals surface area contributed by atoms with Gasteiger partial charge in [-0.25, -0.2) is 0 Å². The third-order valence-electron chi connectivity index (χ3n) is 2.96. The first kappa shape index (κ1) is 10.5. The van der Waals surface area contributed by atoms with Gasteiger partial charge in [-0.2, -0.15) is 5.26 Å². The molecule has 1 aliphatic rings. The highest BCUT2D eigenvalue weighted by Gasteiger charge is 2.42. The predicted octanol–water partition coefficient (Wildman–Crippen LogP) is 1.87. The van der Waals surface area contributed by atoms with Gasteiger partial charge >= 0.3 is 0 Å². The molecule has 1 rings (SSSR count). The van der Waals surface area contributed by atoms with Crippen molar-refractivity contribution in [3.05, 3.63) is 0 Å². The maximum Gasteiger partial charge on any atom is 0.158 e. The van der Waals surface area contributed by atoms with Gasteiger partial charge in [0.15, 0.2) is 5.60 Å². The molecule has 2 atom stereocenters. The summed E-state index contributed by atoms with van der Waals surface area (Å²) >= 11 is 0. The molecule has 0 amide bonds. The monoisotopic (exact) mass is 183 g/mol. The highest BCUT2D eigenvalue weighted by Crippen LogP contribution is 2.35. The van der Waals surface area contributed by atoms with Gasteiger partial charge in [0.1, 0.15) is 0 Å². The van der Waals surface area contributed by atoms with Crippen molar-refractivity contribution in [2.75, 3.05) is 13.7 Å². The second-order valence-corrected chi connectivity index (χ2v) is 3.89. The SMILES string of the molecule is CCC1(C)CC(C#N)(OC)CCO1. The lowest BCUT2D eigenvalue weighted by atomic mass is 9.82. The first-order valence-electron chi connectivity index (χ1n) is 4.70. The molecule has 74 valence electrons. The van der Waals surface area contributed by atoms with Crippen LogP contribution in [0.2, 0.25) is 0 Å². The van der Waals surface area contributed by atoms with E-state index in [1.807, 2.05) is 6.92 Å². The summed E-state index contributed by atoms with van der Waals surface area (Å²) in [5.74, 6) is 0. The fraction of sp³-hybridized carbons (Fsp3) is 0.900. The summed E-state index contributed by atoms with van der Waals surface area (Å²) in [6.45, 7) is 4.73. The molecule has 0 aromatic rings. The maximum atomic E-state index is 9.04. The standard InChI is InChI=1S/C10H17NO2/c1-4-9(2)7-10(8-11,12-3)5-6-13-9/h4-7H2,1-3H3. The van der Waals surface area contributed by atoms with Gasteiger partial charge in [-0.3, -0.25) is 0 Å². The van der Waals surface area contributed by atoms with Crippen LogP contribution in [0.4, 0.5) is 0 Å². The largest absolute Gasteiger partial charge is 0.375 e. The van der Waals surface area contributed by atoms with Crippen LogP contribution < -0.4 is 0 Å². The number of ether oxygens (including phenoxy) is 2. The lowest BCUT2D eigenvalue weighted by molar-refractivity contribution is -0.143. The van der Waals surface area contributed by atoms with E-state index in [2.05, 4.69) is 13.0 Å². The Morgan fingerprint density at radius 2 is 2.31 bits per heavy atom. The van der Waals surface area contributed by atoms with Crippen molar-refractivity contribution in [2.45, 2.75) is 44.3 Å². The third kappa shape index (κ3) is 2.01. The van der Waals surface area contributed by atoms with E-state index in [0.29, 0.717) is 19.4 Å². The van der Waals surface area contributed by atoms with E-state index in [9.17, 15) is 0 Å². The van der Waals surface area contributed by atoms with Gasteiger partial charge in [0, 0.05) is 20.0 Å². The van der Waals surface area contributed by atoms with Crippen LogP contribution in [-0.2, 0) is 9.47 Å². The van der Waals surface area contributed by atoms with E-state index >= 15 is 0 Å². The Morgan fingerprint density at radius 3 is 2.77 bits per heavy atom. The average molecular weight is 183 g/mol. The van der Waals surface area contributed by atoms with Crippen molar-refractivity contribution in [2.24, 2.45) is 0 Å². The molecule has 0 aromatic carbocycles. The van der Waals surface area contributed by atoms with Crippen molar-refractivity contribution in [3.8, 4) is 6.07 Å². The number of nitriles is 1. The Hall–Kier alpha value is -0.590. The molecule has 0 saturated carbocycles. The normalized spacial score (nSPS) is 39.8. The van der Waals surface area contributed by atoms with Gasteiger partial charge in [-0.15, -0.1) is 0 Å². The summed E-state index contributed by atoms with van der Waals surface area (Å²) in [6.07, 6.45) is 2.26. The fourth-order valence-corrected chi connectivity index (χ4v) is 1.75. The number of rotatable bonds is 2. The molecule has 0 spiro atoms. The van der Waals surface area contributed by atoms with E-state index in [1.165, 1.54) is 0 Å². The summed E-state index contributed by atoms with van der Waals surface area (Å²) in [7, 11) is 1.60. The molecule has 0 N–H and O–H groups in total. The lowest BCUT2D eigenvalue weighted by Crippen LogP contribution is -2.47. The summed E-state index contributed by atoms with van der Waals surface area (Å²) in [4.78, 5) is 0. The van der Waals surface area contributed by atoms with Crippen molar-refractivity contribution in [1.29, 1.82) is 5.26 Å². The predicted molar refractivity (Wildman–Crippen MR) is 49.2 cm³/mol. The van der Waals surface area contributed by atoms with Crippen LogP contribution in [0.3, 0.4) is 0 Å². The van der Waals surface area contributed by atoms with E-state index in [1.54, 1.807) is 7.11 Å². The highest BCUT2D eigenvalue weighted by molar-refractivity contribution is 5.07. The lowest BCUT2D eigenvalue weighted by Gasteiger charge is -2.41. The first-order valence-corrected chi connectivity index (χ1v) is 4.70. The van der Waals surface area contributed by atoms with E-state index in [4.69, 9.17) is 14.7 Å². The van der Waals surface area contributed by atoms with Crippen LogP contribution >= 0.6 is 0 Å². The zero-order valence-electron chi connectivity index (χ0n) is 8.59. The van der Waals surface area contributed by atoms with Gasteiger partial charge < -0.3 is 9.47 Å². The van der Waals surface area contributed by atoms with Crippen LogP contribution in [0, 0.1) is 11.3 Å². The topological polar surface area (TPSA) is 42.2 Å². The Morgan fingerprint density at radius 1 is 1.62 bits per heavy atom. The Labute approximate surface area is 79.6 Å². The molecule has 1 aliphatic heterocycles. The molecular weight excluding hydrogens is 166 g/mol. The molecule has 1 saturated heterocycles. The van der Waals surface area contributed by atoms with Crippen molar-refractivity contribution in [3.63, 3.8) is 0 Å². The van der Waals surface area contributed by atoms with Gasteiger partial charge in [-0.1, -0.05) is 6.92 Å². The molecular formula is C10H17NO2. The number of nitrogens with zero attached hydrogens (tertiary/aromatic N) is 1. The summed E-state index contributed by atoms with van der Waals surface area (Å²) in [6, 6.07) is 2.25. The second kappa shape index (κ2) is 3.65. The minimum atomic E-state index is -0.622. The highest BCUT2D eigenvalue weighted by atomic mass is 16.5. The van der Waals surface area contributed by atoms with Gasteiger partial charge in [0.05, 0.1) is 18.3 Å². The Balaban J connectivity index is 2.76. The minimum Gasteiger partial charge on any atom is -0.375 e. The smallest absolute Gasteiger partial charge is 0.158 e. The molecule has 2 unspecified atom stereocenters. The van der Waals surface area contributed by atoms with Crippen LogP contribution in [-0.4, -0.2) is 24.9 Å². The molecule has 0 radical (unpaired) electrons. The van der Waals surface area contributed by atoms with Crippen molar-refractivity contribution >= 4 is 0 Å². The minimum absolute atomic E-state index is 0.190. The van der Waals surface area contributed by atoms with E-state index < -0.39 is 5.60 Å². The van der Waals surface area contributed by atoms with Gasteiger partial charge in [-0.05, 0) is 13.3 Å². The summed E-state index contributed by atoms with van der Waals surface area (Å²) < 4.78 is 10.9. The maximum absolute atomic E-state index is 9.04. The molecule has 1 heterocycles. The quantitative estimate of drug-likeness (QED) is 0.656. The summed E-state index contributed by atoms with van der Waals surface area (Å²) in [5.41, 5.74) is -0.812. The van der Waals surface area contributed by atoms with E-state index in [0.717, 1.165) is 6.42 Å². The van der Waals surface area contributed by atoms with Crippen molar-refractivity contribution in [1.82, 2.24) is 0 Å². The van der Waals surface area contributed by atoms with Crippen LogP contribution in [0.25, 0.3) is 0 Å². The molecule has 3 heteroatoms. The molecule has 1 fully saturated rings. The molecule has 0 aliphatic carbocycles. The third-order valence-corrected chi connectivity index (χ3v) is 2.96. The molecule has 0 aromatic heterocycles. The van der Waals surface area contributed by atoms with Gasteiger partial charge in [0.25, 0.3) is 0 Å². The number of hydrogen-bond acceptors (Lipinski definition) is 3. The fourth-order valence-electron chi connectivity index (χ4n) is 1.75. The van der Waals surface area contributed by atoms with Crippen LogP contribution in [0.15, 0.2) is 0 Å². The van der Waals surface area contributed by atoms with Crippen LogP contribution in [0.1, 0.15) is 33.1 Å². The van der Waals surface area contributed by atoms with Crippen LogP contribution in [0.5, 0.6) is 0 Å². The average Bonchev–Trinajstić information content (AvgIpc) is 2.18. The molecule has 3 nitrogen and oxygen atoms in total. The first-order chi connectivity index (χ1) is 6.10. The molecule has 13 heavy (non-hydrogen) atoms. The zero-order chi connectivity index (χ0) is 9.95. The summed E-state index contributed by atoms with van der Waals surface area (Å²) in [5, 5.41) is 9.04. The number of hydrogen-bond donors (Lipinski definition) is 0. The van der Waals surface area contributed by atoms with Crippen molar-refractivity contribution < 1.29 is 9.47 Å². The second-order valence-electron chi connectivity index (χ2n) is 3.89. The van der Waals surface area contributed by atoms with Gasteiger partial charge in [0.2, 0.25) is 0 Å². The van der Waals surface area contributed by atoms with E-state index in [-0.39, 0.29) is 5.60 Å².